The van der Waals surface area contributed by atoms with Crippen LogP contribution in [0.4, 0.5) is 5.69 Å². The Hall–Kier alpha value is -1.58. The van der Waals surface area contributed by atoms with Gasteiger partial charge in [-0.1, -0.05) is 23.7 Å². The Morgan fingerprint density at radius 2 is 1.71 bits per heavy atom. The molecular weight excluding hydrogens is 257 g/mol. The molecule has 88 valence electrons. The summed E-state index contributed by atoms with van der Waals surface area (Å²) in [6.07, 6.45) is 5.15. The van der Waals surface area contributed by atoms with E-state index in [-0.39, 0.29) is 12.4 Å². The molecule has 0 atom stereocenters. The number of anilines is 1. The number of nitrogens with zero attached hydrogens (tertiary/aromatic N) is 2. The molecule has 17 heavy (non-hydrogen) atoms. The number of rotatable bonds is 3. The molecule has 1 N–H and O–H groups in total. The largest absolute Gasteiger partial charge is 0.278 e. The van der Waals surface area contributed by atoms with Crippen LogP contribution in [0.5, 0.6) is 0 Å². The fourth-order valence-corrected chi connectivity index (χ4v) is 1.28. The number of nitrogens with one attached hydrogen (secondary N) is 1. The summed E-state index contributed by atoms with van der Waals surface area (Å²) in [6, 6.07) is 11.2. The summed E-state index contributed by atoms with van der Waals surface area (Å²) in [4.78, 5) is 3.91. The Labute approximate surface area is 111 Å². The van der Waals surface area contributed by atoms with Crippen molar-refractivity contribution in [2.24, 2.45) is 5.10 Å². The Morgan fingerprint density at radius 3 is 2.35 bits per heavy atom. The van der Waals surface area contributed by atoms with Crippen molar-refractivity contribution in [2.45, 2.75) is 0 Å². The Morgan fingerprint density at radius 1 is 1.06 bits per heavy atom. The van der Waals surface area contributed by atoms with Crippen LogP contribution in [0.15, 0.2) is 53.9 Å². The third kappa shape index (κ3) is 4.43. The van der Waals surface area contributed by atoms with E-state index in [2.05, 4.69) is 15.5 Å². The van der Waals surface area contributed by atoms with Gasteiger partial charge in [0.1, 0.15) is 0 Å². The van der Waals surface area contributed by atoms with Gasteiger partial charge in [0.2, 0.25) is 0 Å². The lowest BCUT2D eigenvalue weighted by Gasteiger charge is -1.98. The molecule has 5 heteroatoms. The second kappa shape index (κ2) is 6.89. The lowest BCUT2D eigenvalue weighted by molar-refractivity contribution is 1.28. The van der Waals surface area contributed by atoms with Crippen molar-refractivity contribution in [1.82, 2.24) is 4.98 Å². The number of pyridine rings is 1. The number of benzene rings is 1. The molecule has 0 amide bonds. The quantitative estimate of drug-likeness (QED) is 0.682. The summed E-state index contributed by atoms with van der Waals surface area (Å²) in [5.74, 6) is 0. The highest BCUT2D eigenvalue weighted by Crippen LogP contribution is 2.08. The lowest BCUT2D eigenvalue weighted by atomic mass is 10.2. The number of hydrogen-bond donors (Lipinski definition) is 1. The monoisotopic (exact) mass is 267 g/mol. The van der Waals surface area contributed by atoms with Gasteiger partial charge in [0.05, 0.1) is 11.9 Å². The molecule has 2 aromatic rings. The number of halogens is 2. The Bertz CT molecular complexity index is 469. The summed E-state index contributed by atoms with van der Waals surface area (Å²) in [6.45, 7) is 0. The maximum atomic E-state index is 5.77. The van der Waals surface area contributed by atoms with E-state index in [1.165, 1.54) is 0 Å². The van der Waals surface area contributed by atoms with E-state index in [4.69, 9.17) is 11.6 Å². The van der Waals surface area contributed by atoms with Crippen molar-refractivity contribution in [2.75, 3.05) is 5.43 Å². The zero-order valence-electron chi connectivity index (χ0n) is 8.88. The first-order chi connectivity index (χ1) is 7.84. The van der Waals surface area contributed by atoms with Gasteiger partial charge in [-0.25, -0.2) is 0 Å². The molecule has 0 radical (unpaired) electrons. The molecule has 3 nitrogen and oxygen atoms in total. The minimum atomic E-state index is 0. The van der Waals surface area contributed by atoms with Crippen LogP contribution < -0.4 is 5.43 Å². The summed E-state index contributed by atoms with van der Waals surface area (Å²) in [5.41, 5.74) is 4.80. The molecule has 0 fully saturated rings. The molecule has 0 unspecified atom stereocenters. The highest BCUT2D eigenvalue weighted by atomic mass is 35.5. The van der Waals surface area contributed by atoms with Gasteiger partial charge in [0.15, 0.2) is 0 Å². The maximum absolute atomic E-state index is 5.77. The predicted octanol–water partition coefficient (Wildman–Crippen LogP) is 3.60. The smallest absolute Gasteiger partial charge is 0.0592 e. The molecule has 0 aliphatic carbocycles. The van der Waals surface area contributed by atoms with E-state index in [1.54, 1.807) is 18.6 Å². The first-order valence-corrected chi connectivity index (χ1v) is 5.17. The van der Waals surface area contributed by atoms with Gasteiger partial charge in [-0.2, -0.15) is 5.10 Å². The maximum Gasteiger partial charge on any atom is 0.0592 e. The fourth-order valence-electron chi connectivity index (χ4n) is 1.16. The van der Waals surface area contributed by atoms with Crippen LogP contribution in [0, 0.1) is 0 Å². The predicted molar refractivity (Wildman–Crippen MR) is 74.2 cm³/mol. The van der Waals surface area contributed by atoms with Crippen LogP contribution in [-0.2, 0) is 0 Å². The average Bonchev–Trinajstić information content (AvgIpc) is 2.33. The molecule has 0 saturated carbocycles. The number of aromatic nitrogens is 1. The molecule has 2 rings (SSSR count). The molecular formula is C12H11Cl2N3. The van der Waals surface area contributed by atoms with Gasteiger partial charge in [0.25, 0.3) is 0 Å². The van der Waals surface area contributed by atoms with Crippen molar-refractivity contribution in [3.8, 4) is 0 Å². The standard InChI is InChI=1S/C12H10ClN3.ClH/c13-11-3-1-10(2-4-11)9-15-16-12-5-7-14-8-6-12;/h1-9H,(H,14,16);1H/b15-9+;. The zero-order chi connectivity index (χ0) is 11.2. The lowest BCUT2D eigenvalue weighted by Crippen LogP contribution is -1.90. The average molecular weight is 268 g/mol. The fraction of sp³-hybridized carbons (Fsp3) is 0. The van der Waals surface area contributed by atoms with Gasteiger partial charge < -0.3 is 0 Å². The third-order valence-corrected chi connectivity index (χ3v) is 2.21. The summed E-state index contributed by atoms with van der Waals surface area (Å²) >= 11 is 5.77. The first-order valence-electron chi connectivity index (χ1n) is 4.79. The summed E-state index contributed by atoms with van der Waals surface area (Å²) in [5, 5.41) is 4.82. The van der Waals surface area contributed by atoms with E-state index in [0.717, 1.165) is 16.3 Å². The Balaban J connectivity index is 0.00000144. The summed E-state index contributed by atoms with van der Waals surface area (Å²) in [7, 11) is 0. The second-order valence-corrected chi connectivity index (χ2v) is 3.59. The SMILES string of the molecule is Cl.Clc1ccc(/C=N/Nc2ccncc2)cc1. The molecule has 1 heterocycles. The van der Waals surface area contributed by atoms with Crippen LogP contribution in [-0.4, -0.2) is 11.2 Å². The zero-order valence-corrected chi connectivity index (χ0v) is 10.4. The van der Waals surface area contributed by atoms with Crippen molar-refractivity contribution >= 4 is 35.9 Å². The molecule has 1 aromatic heterocycles. The second-order valence-electron chi connectivity index (χ2n) is 3.16. The van der Waals surface area contributed by atoms with Crippen LogP contribution in [0.2, 0.25) is 5.02 Å². The minimum Gasteiger partial charge on any atom is -0.278 e. The van der Waals surface area contributed by atoms with Gasteiger partial charge in [-0.05, 0) is 29.8 Å². The van der Waals surface area contributed by atoms with Crippen LogP contribution >= 0.6 is 24.0 Å². The topological polar surface area (TPSA) is 37.3 Å². The van der Waals surface area contributed by atoms with Crippen LogP contribution in [0.1, 0.15) is 5.56 Å². The first kappa shape index (κ1) is 13.5. The summed E-state index contributed by atoms with van der Waals surface area (Å²) < 4.78 is 0. The van der Waals surface area contributed by atoms with Gasteiger partial charge >= 0.3 is 0 Å². The molecule has 0 saturated heterocycles. The van der Waals surface area contributed by atoms with Crippen molar-refractivity contribution in [3.63, 3.8) is 0 Å². The van der Waals surface area contributed by atoms with Crippen molar-refractivity contribution < 1.29 is 0 Å². The van der Waals surface area contributed by atoms with Crippen LogP contribution in [0.25, 0.3) is 0 Å². The molecule has 0 aliphatic rings. The minimum absolute atomic E-state index is 0. The number of hydrazone groups is 1. The van der Waals surface area contributed by atoms with E-state index in [9.17, 15) is 0 Å². The normalized spacial score (nSPS) is 9.94. The van der Waals surface area contributed by atoms with Crippen LogP contribution in [0.3, 0.4) is 0 Å². The number of hydrogen-bond acceptors (Lipinski definition) is 3. The highest BCUT2D eigenvalue weighted by molar-refractivity contribution is 6.30. The molecule has 0 aliphatic heterocycles. The molecule has 0 spiro atoms. The van der Waals surface area contributed by atoms with E-state index < -0.39 is 0 Å². The van der Waals surface area contributed by atoms with Gasteiger partial charge in [0, 0.05) is 17.4 Å². The van der Waals surface area contributed by atoms with E-state index >= 15 is 0 Å². The van der Waals surface area contributed by atoms with Gasteiger partial charge in [-0.3, -0.25) is 10.4 Å². The third-order valence-electron chi connectivity index (χ3n) is 1.96. The van der Waals surface area contributed by atoms with Crippen molar-refractivity contribution in [3.05, 3.63) is 59.4 Å². The van der Waals surface area contributed by atoms with Crippen molar-refractivity contribution in [1.29, 1.82) is 0 Å². The Kier molecular flexibility index (Phi) is 5.46. The van der Waals surface area contributed by atoms with E-state index in [0.29, 0.717) is 0 Å². The molecule has 1 aromatic carbocycles. The molecule has 0 bridgehead atoms. The van der Waals surface area contributed by atoms with E-state index in [1.807, 2.05) is 36.4 Å². The van der Waals surface area contributed by atoms with Gasteiger partial charge in [-0.15, -0.1) is 12.4 Å². The highest BCUT2D eigenvalue weighted by Gasteiger charge is 1.88.